The van der Waals surface area contributed by atoms with Crippen LogP contribution in [0, 0.1) is 0 Å². The largest absolute Gasteiger partial charge is 0.484 e. The molecule has 0 saturated carbocycles. The van der Waals surface area contributed by atoms with Gasteiger partial charge in [0.05, 0.1) is 0 Å². The third kappa shape index (κ3) is 6.96. The number of nitrogens with zero attached hydrogens (tertiary/aromatic N) is 2. The smallest absolute Gasteiger partial charge is 0.264 e. The number of thiocarbonyl (C=S) groups is 1. The summed E-state index contributed by atoms with van der Waals surface area (Å²) in [7, 11) is 0. The van der Waals surface area contributed by atoms with Crippen LogP contribution in [0.3, 0.4) is 0 Å². The van der Waals surface area contributed by atoms with Gasteiger partial charge in [-0.15, -0.1) is 0 Å². The molecular weight excluding hydrogens is 412 g/mol. The number of carbonyl (C=O) groups is 2. The van der Waals surface area contributed by atoms with Crippen molar-refractivity contribution in [1.82, 2.24) is 10.2 Å². The molecule has 1 aliphatic heterocycles. The molecule has 8 heteroatoms. The van der Waals surface area contributed by atoms with Crippen molar-refractivity contribution < 1.29 is 14.3 Å². The van der Waals surface area contributed by atoms with E-state index in [0.717, 1.165) is 44.0 Å². The van der Waals surface area contributed by atoms with Crippen LogP contribution >= 0.6 is 12.2 Å². The molecule has 1 saturated heterocycles. The van der Waals surface area contributed by atoms with Gasteiger partial charge in [-0.25, -0.2) is 0 Å². The summed E-state index contributed by atoms with van der Waals surface area (Å²) < 4.78 is 5.41. The molecule has 2 aromatic rings. The van der Waals surface area contributed by atoms with E-state index < -0.39 is 0 Å². The van der Waals surface area contributed by atoms with Gasteiger partial charge in [-0.2, -0.15) is 0 Å². The van der Waals surface area contributed by atoms with Crippen LogP contribution in [0.2, 0.25) is 0 Å². The fourth-order valence-electron chi connectivity index (χ4n) is 3.33. The Morgan fingerprint density at radius 3 is 2.32 bits per heavy atom. The quantitative estimate of drug-likeness (QED) is 0.645. The molecular formula is C23H28N4O3S. The second-order valence-electron chi connectivity index (χ2n) is 7.27. The minimum absolute atomic E-state index is 0.114. The normalized spacial score (nSPS) is 13.5. The van der Waals surface area contributed by atoms with Crippen LogP contribution in [-0.4, -0.2) is 54.6 Å². The zero-order chi connectivity index (χ0) is 22.1. The van der Waals surface area contributed by atoms with Crippen molar-refractivity contribution in [2.45, 2.75) is 19.8 Å². The van der Waals surface area contributed by atoms with Gasteiger partial charge >= 0.3 is 0 Å². The summed E-state index contributed by atoms with van der Waals surface area (Å²) in [4.78, 5) is 28.2. The van der Waals surface area contributed by atoms with Crippen molar-refractivity contribution in [1.29, 1.82) is 0 Å². The molecule has 0 spiro atoms. The van der Waals surface area contributed by atoms with E-state index in [4.69, 9.17) is 17.0 Å². The van der Waals surface area contributed by atoms with Crippen molar-refractivity contribution in [3.05, 3.63) is 54.6 Å². The summed E-state index contributed by atoms with van der Waals surface area (Å²) in [6.45, 7) is 5.05. The molecule has 7 nitrogen and oxygen atoms in total. The second kappa shape index (κ2) is 11.3. The van der Waals surface area contributed by atoms with Gasteiger partial charge in [0.1, 0.15) is 5.75 Å². The highest BCUT2D eigenvalue weighted by molar-refractivity contribution is 7.80. The first-order chi connectivity index (χ1) is 15.0. The van der Waals surface area contributed by atoms with Crippen LogP contribution in [-0.2, 0) is 9.59 Å². The van der Waals surface area contributed by atoms with Crippen LogP contribution in [0.4, 0.5) is 11.4 Å². The topological polar surface area (TPSA) is 73.9 Å². The zero-order valence-corrected chi connectivity index (χ0v) is 18.5. The summed E-state index contributed by atoms with van der Waals surface area (Å²) in [6.07, 6.45) is 1.51. The summed E-state index contributed by atoms with van der Waals surface area (Å²) in [5.41, 5.74) is 1.88. The molecule has 3 rings (SSSR count). The van der Waals surface area contributed by atoms with E-state index in [9.17, 15) is 9.59 Å². The first-order valence-corrected chi connectivity index (χ1v) is 10.9. The van der Waals surface area contributed by atoms with Crippen LogP contribution in [0.25, 0.3) is 0 Å². The van der Waals surface area contributed by atoms with E-state index in [-0.39, 0.29) is 23.5 Å². The van der Waals surface area contributed by atoms with Crippen molar-refractivity contribution >= 4 is 40.5 Å². The van der Waals surface area contributed by atoms with Gasteiger partial charge in [0.15, 0.2) is 11.7 Å². The van der Waals surface area contributed by atoms with Crippen molar-refractivity contribution in [3.8, 4) is 5.75 Å². The predicted molar refractivity (Wildman–Crippen MR) is 126 cm³/mol. The van der Waals surface area contributed by atoms with Gasteiger partial charge < -0.3 is 19.9 Å². The molecule has 164 valence electrons. The van der Waals surface area contributed by atoms with E-state index in [1.165, 1.54) is 0 Å². The lowest BCUT2D eigenvalue weighted by Crippen LogP contribution is -2.48. The molecule has 0 aliphatic carbocycles. The van der Waals surface area contributed by atoms with E-state index in [2.05, 4.69) is 15.5 Å². The number of benzene rings is 2. The van der Waals surface area contributed by atoms with E-state index in [1.807, 2.05) is 54.3 Å². The Bertz CT molecular complexity index is 881. The maximum Gasteiger partial charge on any atom is 0.264 e. The van der Waals surface area contributed by atoms with Crippen molar-refractivity contribution in [3.63, 3.8) is 0 Å². The van der Waals surface area contributed by atoms with Gasteiger partial charge in [-0.1, -0.05) is 25.1 Å². The fourth-order valence-corrected chi connectivity index (χ4v) is 3.56. The maximum atomic E-state index is 12.0. The number of amides is 2. The highest BCUT2D eigenvalue weighted by Gasteiger charge is 2.20. The third-order valence-corrected chi connectivity index (χ3v) is 5.16. The van der Waals surface area contributed by atoms with Crippen molar-refractivity contribution in [2.75, 3.05) is 43.0 Å². The van der Waals surface area contributed by atoms with Gasteiger partial charge in [0.25, 0.3) is 5.91 Å². The summed E-state index contributed by atoms with van der Waals surface area (Å²) in [5.74, 6) is 0.544. The Kier molecular flexibility index (Phi) is 8.23. The van der Waals surface area contributed by atoms with Crippen LogP contribution in [0.15, 0.2) is 54.6 Å². The lowest BCUT2D eigenvalue weighted by molar-refractivity contribution is -0.131. The van der Waals surface area contributed by atoms with Gasteiger partial charge in [-0.3, -0.25) is 14.9 Å². The lowest BCUT2D eigenvalue weighted by atomic mass is 10.2. The van der Waals surface area contributed by atoms with Crippen LogP contribution < -0.4 is 20.3 Å². The SMILES string of the molecule is CCCC(=O)N1CCN(c2ccc(NC(=S)NC(=O)COc3ccccc3)cc2)CC1. The Morgan fingerprint density at radius 2 is 1.68 bits per heavy atom. The molecule has 0 atom stereocenters. The first-order valence-electron chi connectivity index (χ1n) is 10.5. The van der Waals surface area contributed by atoms with E-state index in [1.54, 1.807) is 12.1 Å². The standard InChI is InChI=1S/C23H28N4O3S/c1-2-6-22(29)27-15-13-26(14-16-27)19-11-9-18(10-12-19)24-23(31)25-21(28)17-30-20-7-4-3-5-8-20/h3-5,7-12H,2,6,13-17H2,1H3,(H2,24,25,28,31). The summed E-state index contributed by atoms with van der Waals surface area (Å²) >= 11 is 5.21. The number of hydrogen-bond acceptors (Lipinski definition) is 5. The molecule has 1 heterocycles. The highest BCUT2D eigenvalue weighted by atomic mass is 32.1. The average molecular weight is 441 g/mol. The predicted octanol–water partition coefficient (Wildman–Crippen LogP) is 3.03. The molecule has 1 fully saturated rings. The van der Waals surface area contributed by atoms with Gasteiger partial charge in [0, 0.05) is 44.0 Å². The molecule has 2 aromatic carbocycles. The Hall–Kier alpha value is -3.13. The second-order valence-corrected chi connectivity index (χ2v) is 7.68. The Balaban J connectivity index is 1.42. The zero-order valence-electron chi connectivity index (χ0n) is 17.7. The molecule has 0 aromatic heterocycles. The third-order valence-electron chi connectivity index (χ3n) is 4.95. The Morgan fingerprint density at radius 1 is 1.00 bits per heavy atom. The number of ether oxygens (including phenoxy) is 1. The fraction of sp³-hybridized carbons (Fsp3) is 0.348. The maximum absolute atomic E-state index is 12.0. The average Bonchev–Trinajstić information content (AvgIpc) is 2.79. The minimum atomic E-state index is -0.325. The number of anilines is 2. The molecule has 0 radical (unpaired) electrons. The number of para-hydroxylation sites is 1. The number of piperazine rings is 1. The van der Waals surface area contributed by atoms with Crippen LogP contribution in [0.5, 0.6) is 5.75 Å². The lowest BCUT2D eigenvalue weighted by Gasteiger charge is -2.36. The number of carbonyl (C=O) groups excluding carboxylic acids is 2. The van der Waals surface area contributed by atoms with E-state index in [0.29, 0.717) is 12.2 Å². The molecule has 1 aliphatic rings. The summed E-state index contributed by atoms with van der Waals surface area (Å²) in [5, 5.41) is 5.84. The van der Waals surface area contributed by atoms with E-state index >= 15 is 0 Å². The number of hydrogen-bond donors (Lipinski definition) is 2. The van der Waals surface area contributed by atoms with Crippen LogP contribution in [0.1, 0.15) is 19.8 Å². The minimum Gasteiger partial charge on any atom is -0.484 e. The summed E-state index contributed by atoms with van der Waals surface area (Å²) in [6, 6.07) is 17.0. The number of nitrogens with one attached hydrogen (secondary N) is 2. The molecule has 2 N–H and O–H groups in total. The number of rotatable bonds is 7. The molecule has 31 heavy (non-hydrogen) atoms. The molecule has 2 amide bonds. The monoisotopic (exact) mass is 440 g/mol. The van der Waals surface area contributed by atoms with Gasteiger partial charge in [0.2, 0.25) is 5.91 Å². The molecule has 0 unspecified atom stereocenters. The Labute approximate surface area is 188 Å². The van der Waals surface area contributed by atoms with Gasteiger partial charge in [-0.05, 0) is 55.0 Å². The first kappa shape index (κ1) is 22.6. The van der Waals surface area contributed by atoms with Crippen molar-refractivity contribution in [2.24, 2.45) is 0 Å². The molecule has 0 bridgehead atoms. The highest BCUT2D eigenvalue weighted by Crippen LogP contribution is 2.20.